The summed E-state index contributed by atoms with van der Waals surface area (Å²) in [5.41, 5.74) is 1.24. The number of hydrogen-bond acceptors (Lipinski definition) is 5. The van der Waals surface area contributed by atoms with Crippen LogP contribution in [0.4, 0.5) is 0 Å². The molecule has 1 aromatic carbocycles. The molecule has 2 saturated heterocycles. The van der Waals surface area contributed by atoms with Gasteiger partial charge in [-0.3, -0.25) is 9.59 Å². The van der Waals surface area contributed by atoms with E-state index in [0.29, 0.717) is 56.2 Å². The number of sulfonamides is 1. The average Bonchev–Trinajstić information content (AvgIpc) is 3.40. The molecule has 1 aromatic heterocycles. The third-order valence-corrected chi connectivity index (χ3v) is 9.70. The van der Waals surface area contributed by atoms with Crippen LogP contribution in [0, 0.1) is 5.92 Å². The number of aryl methyl sites for hydroxylation is 1. The maximum Gasteiger partial charge on any atom is 0.252 e. The Hall–Kier alpha value is -2.23. The third-order valence-electron chi connectivity index (χ3n) is 6.47. The Bertz CT molecular complexity index is 1030. The van der Waals surface area contributed by atoms with Crippen molar-refractivity contribution in [2.45, 2.75) is 36.3 Å². The number of piperazine rings is 1. The molecule has 9 heteroatoms. The molecular weight excluding hydrogens is 458 g/mol. The third kappa shape index (κ3) is 5.83. The predicted octanol–water partition coefficient (Wildman–Crippen LogP) is 2.84. The van der Waals surface area contributed by atoms with Crippen LogP contribution in [-0.2, 0) is 26.0 Å². The zero-order valence-electron chi connectivity index (χ0n) is 18.8. The van der Waals surface area contributed by atoms with Crippen molar-refractivity contribution >= 4 is 33.2 Å². The molecule has 2 amide bonds. The average molecular weight is 490 g/mol. The van der Waals surface area contributed by atoms with Crippen molar-refractivity contribution in [1.82, 2.24) is 14.1 Å². The Morgan fingerprint density at radius 3 is 2.36 bits per heavy atom. The molecule has 0 spiro atoms. The zero-order chi connectivity index (χ0) is 23.3. The van der Waals surface area contributed by atoms with Crippen molar-refractivity contribution in [3.05, 3.63) is 53.4 Å². The van der Waals surface area contributed by atoms with Crippen molar-refractivity contribution < 1.29 is 18.0 Å². The molecule has 2 fully saturated rings. The lowest BCUT2D eigenvalue weighted by Crippen LogP contribution is -2.54. The summed E-state index contributed by atoms with van der Waals surface area (Å²) >= 11 is 1.21. The summed E-state index contributed by atoms with van der Waals surface area (Å²) in [5, 5.41) is 1.75. The Morgan fingerprint density at radius 1 is 0.939 bits per heavy atom. The van der Waals surface area contributed by atoms with E-state index < -0.39 is 10.0 Å². The van der Waals surface area contributed by atoms with Crippen LogP contribution in [0.25, 0.3) is 0 Å². The number of nitrogens with zero attached hydrogens (tertiary/aromatic N) is 3. The van der Waals surface area contributed by atoms with Crippen LogP contribution in [0.3, 0.4) is 0 Å². The van der Waals surface area contributed by atoms with E-state index >= 15 is 0 Å². The van der Waals surface area contributed by atoms with Gasteiger partial charge in [-0.2, -0.15) is 4.31 Å². The van der Waals surface area contributed by atoms with E-state index in [4.69, 9.17) is 0 Å². The van der Waals surface area contributed by atoms with Gasteiger partial charge in [0.15, 0.2) is 0 Å². The summed E-state index contributed by atoms with van der Waals surface area (Å²) in [6.07, 6.45) is 3.60. The van der Waals surface area contributed by atoms with Gasteiger partial charge in [-0.1, -0.05) is 36.4 Å². The van der Waals surface area contributed by atoms with E-state index in [1.54, 1.807) is 22.4 Å². The van der Waals surface area contributed by atoms with Crippen LogP contribution in [-0.4, -0.2) is 73.6 Å². The maximum atomic E-state index is 13.1. The van der Waals surface area contributed by atoms with Crippen LogP contribution >= 0.6 is 11.3 Å². The Balaban J connectivity index is 1.24. The van der Waals surface area contributed by atoms with Crippen molar-refractivity contribution in [1.29, 1.82) is 0 Å². The first-order valence-corrected chi connectivity index (χ1v) is 13.9. The lowest BCUT2D eigenvalue weighted by Gasteiger charge is -2.38. The van der Waals surface area contributed by atoms with Crippen LogP contribution in [0.5, 0.6) is 0 Å². The topological polar surface area (TPSA) is 78.0 Å². The highest BCUT2D eigenvalue weighted by atomic mass is 32.2. The van der Waals surface area contributed by atoms with Gasteiger partial charge >= 0.3 is 0 Å². The highest BCUT2D eigenvalue weighted by Crippen LogP contribution is 2.27. The summed E-state index contributed by atoms with van der Waals surface area (Å²) < 4.78 is 27.5. The fourth-order valence-electron chi connectivity index (χ4n) is 4.58. The smallest absolute Gasteiger partial charge is 0.252 e. The summed E-state index contributed by atoms with van der Waals surface area (Å²) in [7, 11) is -3.54. The van der Waals surface area contributed by atoms with Crippen LogP contribution in [0.15, 0.2) is 52.1 Å². The number of thiophene rings is 1. The second-order valence-electron chi connectivity index (χ2n) is 8.68. The Kier molecular flexibility index (Phi) is 7.82. The van der Waals surface area contributed by atoms with E-state index in [-0.39, 0.29) is 24.3 Å². The normalized spacial score (nSPS) is 20.1. The highest BCUT2D eigenvalue weighted by Gasteiger charge is 2.36. The number of carbonyl (C=O) groups is 2. The number of rotatable bonds is 7. The lowest BCUT2D eigenvalue weighted by atomic mass is 9.97. The van der Waals surface area contributed by atoms with Gasteiger partial charge in [0, 0.05) is 45.7 Å². The van der Waals surface area contributed by atoms with Gasteiger partial charge in [-0.15, -0.1) is 11.3 Å². The van der Waals surface area contributed by atoms with E-state index in [2.05, 4.69) is 12.1 Å². The highest BCUT2D eigenvalue weighted by molar-refractivity contribution is 7.91. The van der Waals surface area contributed by atoms with Crippen molar-refractivity contribution in [2.75, 3.05) is 39.3 Å². The zero-order valence-corrected chi connectivity index (χ0v) is 20.4. The van der Waals surface area contributed by atoms with Crippen LogP contribution in [0.1, 0.15) is 31.2 Å². The standard InChI is InChI=1S/C24H31N3O4S2/c28-22(11-4-9-20-7-2-1-3-8-20)25-14-16-26(17-15-25)24(29)21-10-5-13-27(19-21)33(30,31)23-12-6-18-32-23/h1-3,6-8,12,18,21H,4-5,9-11,13-17,19H2. The second-order valence-corrected chi connectivity index (χ2v) is 11.8. The summed E-state index contributed by atoms with van der Waals surface area (Å²) in [4.78, 5) is 29.4. The summed E-state index contributed by atoms with van der Waals surface area (Å²) in [6.45, 7) is 2.79. The molecule has 0 bridgehead atoms. The molecule has 4 rings (SSSR count). The first kappa shape index (κ1) is 23.9. The van der Waals surface area contributed by atoms with Gasteiger partial charge in [-0.05, 0) is 42.7 Å². The van der Waals surface area contributed by atoms with E-state index in [1.165, 1.54) is 21.2 Å². The van der Waals surface area contributed by atoms with E-state index in [1.807, 2.05) is 23.1 Å². The number of hydrogen-bond donors (Lipinski definition) is 0. The molecule has 3 heterocycles. The number of amides is 2. The molecule has 2 aliphatic heterocycles. The van der Waals surface area contributed by atoms with Gasteiger partial charge in [0.2, 0.25) is 11.8 Å². The van der Waals surface area contributed by atoms with Gasteiger partial charge in [0.05, 0.1) is 5.92 Å². The molecule has 1 atom stereocenters. The summed E-state index contributed by atoms with van der Waals surface area (Å²) in [6, 6.07) is 13.5. The number of benzene rings is 1. The SMILES string of the molecule is O=C(CCCc1ccccc1)N1CCN(C(=O)C2CCCN(S(=O)(=O)c3cccs3)C2)CC1. The number of piperidine rings is 1. The van der Waals surface area contributed by atoms with Crippen LogP contribution < -0.4 is 0 Å². The van der Waals surface area contributed by atoms with Gasteiger partial charge < -0.3 is 9.80 Å². The van der Waals surface area contributed by atoms with Crippen molar-refractivity contribution in [3.8, 4) is 0 Å². The molecule has 0 saturated carbocycles. The van der Waals surface area contributed by atoms with Crippen LogP contribution in [0.2, 0.25) is 0 Å². The fourth-order valence-corrected chi connectivity index (χ4v) is 7.25. The monoisotopic (exact) mass is 489 g/mol. The molecule has 7 nitrogen and oxygen atoms in total. The minimum absolute atomic E-state index is 0.0113. The molecule has 1 unspecified atom stereocenters. The minimum Gasteiger partial charge on any atom is -0.339 e. The fraction of sp³-hybridized carbons (Fsp3) is 0.500. The van der Waals surface area contributed by atoms with Crippen molar-refractivity contribution in [2.24, 2.45) is 5.92 Å². The quantitative estimate of drug-likeness (QED) is 0.599. The molecule has 178 valence electrons. The Morgan fingerprint density at radius 2 is 1.67 bits per heavy atom. The van der Waals surface area contributed by atoms with Gasteiger partial charge in [-0.25, -0.2) is 8.42 Å². The molecule has 2 aromatic rings. The van der Waals surface area contributed by atoms with Gasteiger partial charge in [0.1, 0.15) is 4.21 Å². The van der Waals surface area contributed by atoms with Crippen molar-refractivity contribution in [3.63, 3.8) is 0 Å². The van der Waals surface area contributed by atoms with Gasteiger partial charge in [0.25, 0.3) is 10.0 Å². The molecule has 2 aliphatic rings. The minimum atomic E-state index is -3.54. The first-order valence-electron chi connectivity index (χ1n) is 11.6. The number of carbonyl (C=O) groups excluding carboxylic acids is 2. The molecule has 0 radical (unpaired) electrons. The predicted molar refractivity (Wildman–Crippen MR) is 128 cm³/mol. The van der Waals surface area contributed by atoms with E-state index in [9.17, 15) is 18.0 Å². The summed E-state index contributed by atoms with van der Waals surface area (Å²) in [5.74, 6) is -0.164. The van der Waals surface area contributed by atoms with E-state index in [0.717, 1.165) is 12.8 Å². The molecular formula is C24H31N3O4S2. The molecule has 0 aliphatic carbocycles. The molecule has 0 N–H and O–H groups in total. The lowest BCUT2D eigenvalue weighted by molar-refractivity contribution is -0.143. The molecule has 33 heavy (non-hydrogen) atoms. The maximum absolute atomic E-state index is 13.1. The largest absolute Gasteiger partial charge is 0.339 e. The first-order chi connectivity index (χ1) is 15.9. The Labute approximate surface area is 200 Å². The second kappa shape index (κ2) is 10.8.